The molecule has 0 saturated carbocycles. The zero-order valence-corrected chi connectivity index (χ0v) is 19.0. The number of hydrogen-bond donors (Lipinski definition) is 2. The van der Waals surface area contributed by atoms with Crippen LogP contribution >= 0.6 is 11.8 Å². The molecule has 1 amide bonds. The number of amides is 1. The highest BCUT2D eigenvalue weighted by molar-refractivity contribution is 7.99. The summed E-state index contributed by atoms with van der Waals surface area (Å²) in [4.78, 5) is 18.6. The van der Waals surface area contributed by atoms with Gasteiger partial charge in [0.25, 0.3) is 0 Å². The number of nitrogens with zero attached hydrogens (tertiary/aromatic N) is 2. The zero-order chi connectivity index (χ0) is 22.0. The average Bonchev–Trinajstić information content (AvgIpc) is 3.09. The first kappa shape index (κ1) is 21.9. The Hall–Kier alpha value is -2.36. The molecular formula is C22H26N4O3S2. The fourth-order valence-corrected chi connectivity index (χ4v) is 5.64. The lowest BCUT2D eigenvalue weighted by Gasteiger charge is -2.25. The maximum atomic E-state index is 12.7. The van der Waals surface area contributed by atoms with Crippen molar-refractivity contribution in [3.8, 4) is 0 Å². The van der Waals surface area contributed by atoms with Crippen LogP contribution in [0, 0.1) is 0 Å². The van der Waals surface area contributed by atoms with Gasteiger partial charge in [-0.15, -0.1) is 11.8 Å². The molecule has 9 heteroatoms. The van der Waals surface area contributed by atoms with E-state index in [1.165, 1.54) is 22.6 Å². The highest BCUT2D eigenvalue weighted by Crippen LogP contribution is 2.35. The number of sulfonamides is 1. The largest absolute Gasteiger partial charge is 0.349 e. The topological polar surface area (TPSA) is 107 Å². The molecular weight excluding hydrogens is 432 g/mol. The summed E-state index contributed by atoms with van der Waals surface area (Å²) < 4.78 is 25.4. The second-order valence-electron chi connectivity index (χ2n) is 7.67. The first-order valence-electron chi connectivity index (χ1n) is 10.4. The summed E-state index contributed by atoms with van der Waals surface area (Å²) in [5, 5.41) is 8.43. The van der Waals surface area contributed by atoms with Crippen LogP contribution in [0.25, 0.3) is 11.0 Å². The lowest BCUT2D eigenvalue weighted by molar-refractivity contribution is -0.121. The maximum absolute atomic E-state index is 12.7. The summed E-state index contributed by atoms with van der Waals surface area (Å²) in [6, 6.07) is 13.0. The van der Waals surface area contributed by atoms with E-state index in [0.29, 0.717) is 18.4 Å². The molecule has 0 radical (unpaired) electrons. The molecule has 7 nitrogen and oxygen atoms in total. The summed E-state index contributed by atoms with van der Waals surface area (Å²) in [6.45, 7) is 2.81. The normalized spacial score (nSPS) is 16.3. The minimum absolute atomic E-state index is 0.00738. The van der Waals surface area contributed by atoms with Crippen molar-refractivity contribution in [2.75, 3.05) is 5.75 Å². The molecule has 1 aliphatic rings. The van der Waals surface area contributed by atoms with Crippen molar-refractivity contribution in [2.45, 2.75) is 55.0 Å². The summed E-state index contributed by atoms with van der Waals surface area (Å²) in [6.07, 6.45) is 2.62. The van der Waals surface area contributed by atoms with Crippen LogP contribution in [0.5, 0.6) is 0 Å². The number of carbonyl (C=O) groups excluding carboxylic acids is 1. The van der Waals surface area contributed by atoms with Crippen molar-refractivity contribution in [2.24, 2.45) is 5.14 Å². The Kier molecular flexibility index (Phi) is 6.36. The maximum Gasteiger partial charge on any atom is 0.238 e. The average molecular weight is 459 g/mol. The molecule has 1 aromatic heterocycles. The van der Waals surface area contributed by atoms with Crippen LogP contribution < -0.4 is 10.5 Å². The highest BCUT2D eigenvalue weighted by Gasteiger charge is 2.22. The van der Waals surface area contributed by atoms with Crippen molar-refractivity contribution in [1.82, 2.24) is 14.9 Å². The van der Waals surface area contributed by atoms with E-state index in [-0.39, 0.29) is 16.8 Å². The first-order chi connectivity index (χ1) is 14.9. The lowest BCUT2D eigenvalue weighted by atomic mass is 10.0. The Morgan fingerprint density at radius 3 is 2.87 bits per heavy atom. The Bertz CT molecular complexity index is 1220. The van der Waals surface area contributed by atoms with Crippen LogP contribution in [0.4, 0.5) is 0 Å². The van der Waals surface area contributed by atoms with Crippen LogP contribution in [-0.2, 0) is 27.8 Å². The number of carbonyl (C=O) groups is 1. The van der Waals surface area contributed by atoms with E-state index in [4.69, 9.17) is 5.14 Å². The molecule has 31 heavy (non-hydrogen) atoms. The van der Waals surface area contributed by atoms with Gasteiger partial charge in [0.1, 0.15) is 5.82 Å². The molecule has 2 aromatic carbocycles. The van der Waals surface area contributed by atoms with Crippen molar-refractivity contribution >= 4 is 38.7 Å². The molecule has 3 N–H and O–H groups in total. The lowest BCUT2D eigenvalue weighted by Crippen LogP contribution is -2.31. The standard InChI is InChI=1S/C22H26N4O3S2/c1-2-12-26-19-8-7-15(31(23,28)29)14-18(19)24-21(26)9-10-22(27)25-17-11-13-30-20-6-4-3-5-16(17)20/h3-8,14,17H,2,9-13H2,1H3,(H,25,27)(H2,23,28,29). The minimum Gasteiger partial charge on any atom is -0.349 e. The minimum atomic E-state index is -3.79. The van der Waals surface area contributed by atoms with Crippen molar-refractivity contribution in [3.63, 3.8) is 0 Å². The summed E-state index contributed by atoms with van der Waals surface area (Å²) in [5.41, 5.74) is 2.61. The fraction of sp³-hybridized carbons (Fsp3) is 0.364. The molecule has 164 valence electrons. The van der Waals surface area contributed by atoms with Crippen molar-refractivity contribution < 1.29 is 13.2 Å². The molecule has 3 aromatic rings. The van der Waals surface area contributed by atoms with Crippen LogP contribution in [0.1, 0.15) is 43.6 Å². The molecule has 1 atom stereocenters. The third-order valence-electron chi connectivity index (χ3n) is 5.44. The van der Waals surface area contributed by atoms with Gasteiger partial charge < -0.3 is 9.88 Å². The number of hydrogen-bond acceptors (Lipinski definition) is 5. The smallest absolute Gasteiger partial charge is 0.238 e. The van der Waals surface area contributed by atoms with Crippen LogP contribution in [-0.4, -0.2) is 29.6 Å². The van der Waals surface area contributed by atoms with Gasteiger partial charge in [-0.3, -0.25) is 4.79 Å². The number of benzene rings is 2. The van der Waals surface area contributed by atoms with Gasteiger partial charge in [0.15, 0.2) is 0 Å². The van der Waals surface area contributed by atoms with E-state index in [1.807, 2.05) is 23.9 Å². The third kappa shape index (κ3) is 4.78. The molecule has 0 aliphatic carbocycles. The number of imidazole rings is 1. The number of fused-ring (bicyclic) bond motifs is 2. The molecule has 0 saturated heterocycles. The quantitative estimate of drug-likeness (QED) is 0.564. The molecule has 4 rings (SSSR count). The van der Waals surface area contributed by atoms with Crippen molar-refractivity contribution in [1.29, 1.82) is 0 Å². The number of thioether (sulfide) groups is 1. The Labute approximate surface area is 186 Å². The molecule has 1 unspecified atom stereocenters. The number of primary sulfonamides is 1. The van der Waals surface area contributed by atoms with Gasteiger partial charge in [-0.05, 0) is 42.7 Å². The van der Waals surface area contributed by atoms with Gasteiger partial charge in [-0.25, -0.2) is 18.5 Å². The summed E-state index contributed by atoms with van der Waals surface area (Å²) in [5.74, 6) is 1.76. The van der Waals surface area contributed by atoms with E-state index < -0.39 is 10.0 Å². The third-order valence-corrected chi connectivity index (χ3v) is 7.48. The number of aryl methyl sites for hydroxylation is 2. The second-order valence-corrected chi connectivity index (χ2v) is 10.4. The summed E-state index contributed by atoms with van der Waals surface area (Å²) >= 11 is 1.83. The van der Waals surface area contributed by atoms with Crippen LogP contribution in [0.15, 0.2) is 52.3 Å². The monoisotopic (exact) mass is 458 g/mol. The molecule has 0 fully saturated rings. The van der Waals surface area contributed by atoms with E-state index >= 15 is 0 Å². The fourth-order valence-electron chi connectivity index (χ4n) is 3.98. The molecule has 1 aliphatic heterocycles. The Morgan fingerprint density at radius 2 is 2.10 bits per heavy atom. The predicted molar refractivity (Wildman–Crippen MR) is 122 cm³/mol. The van der Waals surface area contributed by atoms with Gasteiger partial charge in [0.2, 0.25) is 15.9 Å². The molecule has 0 spiro atoms. The number of rotatable bonds is 7. The number of aromatic nitrogens is 2. The zero-order valence-electron chi connectivity index (χ0n) is 17.4. The Balaban J connectivity index is 1.50. The second kappa shape index (κ2) is 9.02. The van der Waals surface area contributed by atoms with Gasteiger partial charge in [-0.1, -0.05) is 25.1 Å². The molecule has 2 heterocycles. The van der Waals surface area contributed by atoms with E-state index in [1.54, 1.807) is 6.07 Å². The Morgan fingerprint density at radius 1 is 1.29 bits per heavy atom. The van der Waals surface area contributed by atoms with E-state index in [2.05, 4.69) is 33.9 Å². The number of nitrogens with two attached hydrogens (primary N) is 1. The number of nitrogens with one attached hydrogen (secondary N) is 1. The van der Waals surface area contributed by atoms with Gasteiger partial charge in [0.05, 0.1) is 22.0 Å². The van der Waals surface area contributed by atoms with Gasteiger partial charge in [-0.2, -0.15) is 0 Å². The first-order valence-corrected chi connectivity index (χ1v) is 12.9. The predicted octanol–water partition coefficient (Wildman–Crippen LogP) is 3.38. The summed E-state index contributed by atoms with van der Waals surface area (Å²) in [7, 11) is -3.79. The SMILES string of the molecule is CCCn1c(CCC(=O)NC2CCSc3ccccc32)nc2cc(S(N)(=O)=O)ccc21. The highest BCUT2D eigenvalue weighted by atomic mass is 32.2. The van der Waals surface area contributed by atoms with E-state index in [0.717, 1.165) is 36.5 Å². The van der Waals surface area contributed by atoms with Crippen LogP contribution in [0.2, 0.25) is 0 Å². The van der Waals surface area contributed by atoms with Crippen LogP contribution in [0.3, 0.4) is 0 Å². The van der Waals surface area contributed by atoms with Crippen molar-refractivity contribution in [3.05, 3.63) is 53.9 Å². The molecule has 0 bridgehead atoms. The van der Waals surface area contributed by atoms with E-state index in [9.17, 15) is 13.2 Å². The van der Waals surface area contributed by atoms with Gasteiger partial charge in [0, 0.05) is 30.0 Å². The van der Waals surface area contributed by atoms with Gasteiger partial charge >= 0.3 is 0 Å².